The van der Waals surface area contributed by atoms with Crippen molar-refractivity contribution in [1.82, 2.24) is 4.98 Å². The fraction of sp³-hybridized carbons (Fsp3) is 0.0625. The van der Waals surface area contributed by atoms with Gasteiger partial charge in [0, 0.05) is 11.1 Å². The summed E-state index contributed by atoms with van der Waals surface area (Å²) in [6.07, 6.45) is 0. The molecular weight excluding hydrogens is 222 g/mol. The summed E-state index contributed by atoms with van der Waals surface area (Å²) in [7, 11) is 0. The van der Waals surface area contributed by atoms with Gasteiger partial charge in [0.15, 0.2) is 0 Å². The molecule has 3 aromatic rings. The Labute approximate surface area is 106 Å². The Morgan fingerprint density at radius 2 is 1.33 bits per heavy atom. The molecule has 1 heterocycles. The average Bonchev–Trinajstić information content (AvgIpc) is 2.83. The zero-order valence-corrected chi connectivity index (χ0v) is 10.1. The quantitative estimate of drug-likeness (QED) is 0.661. The maximum Gasteiger partial charge on any atom is 0.226 e. The van der Waals surface area contributed by atoms with E-state index in [2.05, 4.69) is 4.98 Å². The van der Waals surface area contributed by atoms with E-state index >= 15 is 0 Å². The number of rotatable bonds is 2. The Balaban J connectivity index is 2.07. The molecule has 2 nitrogen and oxygen atoms in total. The van der Waals surface area contributed by atoms with Crippen LogP contribution in [-0.2, 0) is 0 Å². The highest BCUT2D eigenvalue weighted by Crippen LogP contribution is 2.27. The van der Waals surface area contributed by atoms with Crippen LogP contribution in [0.4, 0.5) is 0 Å². The van der Waals surface area contributed by atoms with Gasteiger partial charge in [-0.25, -0.2) is 4.98 Å². The summed E-state index contributed by atoms with van der Waals surface area (Å²) in [5.74, 6) is 1.52. The van der Waals surface area contributed by atoms with Gasteiger partial charge >= 0.3 is 0 Å². The zero-order chi connectivity index (χ0) is 12.4. The van der Waals surface area contributed by atoms with Crippen molar-refractivity contribution in [3.63, 3.8) is 0 Å². The molecule has 0 fully saturated rings. The molecule has 0 unspecified atom stereocenters. The molecular formula is C16H13NO. The van der Waals surface area contributed by atoms with Gasteiger partial charge in [-0.1, -0.05) is 48.5 Å². The molecule has 1 aromatic heterocycles. The first-order chi connectivity index (χ1) is 8.84. The van der Waals surface area contributed by atoms with Crippen molar-refractivity contribution in [2.24, 2.45) is 0 Å². The molecule has 0 atom stereocenters. The van der Waals surface area contributed by atoms with E-state index in [4.69, 9.17) is 4.42 Å². The van der Waals surface area contributed by atoms with E-state index in [-0.39, 0.29) is 0 Å². The van der Waals surface area contributed by atoms with Crippen molar-refractivity contribution in [3.05, 3.63) is 66.4 Å². The first-order valence-corrected chi connectivity index (χ1v) is 5.93. The van der Waals surface area contributed by atoms with Crippen molar-refractivity contribution in [1.29, 1.82) is 0 Å². The third-order valence-corrected chi connectivity index (χ3v) is 2.86. The van der Waals surface area contributed by atoms with Gasteiger partial charge in [-0.15, -0.1) is 0 Å². The van der Waals surface area contributed by atoms with Gasteiger partial charge < -0.3 is 4.42 Å². The van der Waals surface area contributed by atoms with Gasteiger partial charge in [-0.05, 0) is 19.1 Å². The SMILES string of the molecule is Cc1oc(-c2ccccc2)nc1-c1ccccc1. The van der Waals surface area contributed by atoms with Crippen molar-refractivity contribution >= 4 is 0 Å². The van der Waals surface area contributed by atoms with Crippen LogP contribution >= 0.6 is 0 Å². The van der Waals surface area contributed by atoms with E-state index in [1.807, 2.05) is 67.6 Å². The minimum absolute atomic E-state index is 0.673. The highest BCUT2D eigenvalue weighted by Gasteiger charge is 2.12. The molecule has 0 amide bonds. The predicted molar refractivity (Wildman–Crippen MR) is 72.1 cm³/mol. The van der Waals surface area contributed by atoms with Gasteiger partial charge in [0.1, 0.15) is 11.5 Å². The molecule has 0 bridgehead atoms. The minimum atomic E-state index is 0.673. The summed E-state index contributed by atoms with van der Waals surface area (Å²) in [5.41, 5.74) is 3.00. The molecule has 88 valence electrons. The fourth-order valence-electron chi connectivity index (χ4n) is 1.96. The lowest BCUT2D eigenvalue weighted by Crippen LogP contribution is -1.80. The fourth-order valence-corrected chi connectivity index (χ4v) is 1.96. The Morgan fingerprint density at radius 1 is 0.778 bits per heavy atom. The number of nitrogens with zero attached hydrogens (tertiary/aromatic N) is 1. The second-order valence-corrected chi connectivity index (χ2v) is 4.16. The Morgan fingerprint density at radius 3 is 1.94 bits per heavy atom. The van der Waals surface area contributed by atoms with Crippen LogP contribution in [0.15, 0.2) is 65.1 Å². The second-order valence-electron chi connectivity index (χ2n) is 4.16. The number of hydrogen-bond donors (Lipinski definition) is 0. The maximum absolute atomic E-state index is 5.74. The minimum Gasteiger partial charge on any atom is -0.441 e. The molecule has 18 heavy (non-hydrogen) atoms. The predicted octanol–water partition coefficient (Wildman–Crippen LogP) is 4.32. The highest BCUT2D eigenvalue weighted by atomic mass is 16.4. The summed E-state index contributed by atoms with van der Waals surface area (Å²) in [4.78, 5) is 4.58. The van der Waals surface area contributed by atoms with E-state index in [9.17, 15) is 0 Å². The molecule has 0 saturated heterocycles. The lowest BCUT2D eigenvalue weighted by Gasteiger charge is -1.95. The van der Waals surface area contributed by atoms with Crippen LogP contribution in [0.25, 0.3) is 22.7 Å². The molecule has 0 aliphatic rings. The standard InChI is InChI=1S/C16H13NO/c1-12-15(13-8-4-2-5-9-13)17-16(18-12)14-10-6-3-7-11-14/h2-11H,1H3. The summed E-state index contributed by atoms with van der Waals surface area (Å²) in [5, 5.41) is 0. The third-order valence-electron chi connectivity index (χ3n) is 2.86. The molecule has 3 rings (SSSR count). The van der Waals surface area contributed by atoms with Crippen molar-refractivity contribution in [2.75, 3.05) is 0 Å². The smallest absolute Gasteiger partial charge is 0.226 e. The number of benzene rings is 2. The summed E-state index contributed by atoms with van der Waals surface area (Å²) in [6, 6.07) is 20.0. The molecule has 0 aliphatic heterocycles. The Hall–Kier alpha value is -2.35. The van der Waals surface area contributed by atoms with Crippen molar-refractivity contribution < 1.29 is 4.42 Å². The van der Waals surface area contributed by atoms with E-state index in [0.717, 1.165) is 22.6 Å². The molecule has 0 spiro atoms. The van der Waals surface area contributed by atoms with Crippen molar-refractivity contribution in [3.8, 4) is 22.7 Å². The van der Waals surface area contributed by atoms with Gasteiger partial charge in [-0.3, -0.25) is 0 Å². The molecule has 2 heteroatoms. The third kappa shape index (κ3) is 1.93. The molecule has 0 saturated carbocycles. The van der Waals surface area contributed by atoms with E-state index < -0.39 is 0 Å². The average molecular weight is 235 g/mol. The van der Waals surface area contributed by atoms with Gasteiger partial charge in [0.25, 0.3) is 0 Å². The lowest BCUT2D eigenvalue weighted by atomic mass is 10.1. The second kappa shape index (κ2) is 4.49. The van der Waals surface area contributed by atoms with E-state index in [1.165, 1.54) is 0 Å². The maximum atomic E-state index is 5.74. The van der Waals surface area contributed by atoms with Gasteiger partial charge in [0.05, 0.1) is 0 Å². The summed E-state index contributed by atoms with van der Waals surface area (Å²) >= 11 is 0. The zero-order valence-electron chi connectivity index (χ0n) is 10.1. The van der Waals surface area contributed by atoms with Crippen molar-refractivity contribution in [2.45, 2.75) is 6.92 Å². The molecule has 0 radical (unpaired) electrons. The van der Waals surface area contributed by atoms with Gasteiger partial charge in [-0.2, -0.15) is 0 Å². The first-order valence-electron chi connectivity index (χ1n) is 5.93. The molecule has 0 aliphatic carbocycles. The highest BCUT2D eigenvalue weighted by molar-refractivity contribution is 5.65. The Kier molecular flexibility index (Phi) is 2.69. The van der Waals surface area contributed by atoms with Crippen LogP contribution in [0.1, 0.15) is 5.76 Å². The van der Waals surface area contributed by atoms with Crippen LogP contribution < -0.4 is 0 Å². The normalized spacial score (nSPS) is 10.5. The van der Waals surface area contributed by atoms with Gasteiger partial charge in [0.2, 0.25) is 5.89 Å². The van der Waals surface area contributed by atoms with E-state index in [0.29, 0.717) is 5.89 Å². The Bertz CT molecular complexity index is 641. The topological polar surface area (TPSA) is 26.0 Å². The molecule has 0 N–H and O–H groups in total. The summed E-state index contributed by atoms with van der Waals surface area (Å²) < 4.78 is 5.74. The van der Waals surface area contributed by atoms with Crippen LogP contribution in [-0.4, -0.2) is 4.98 Å². The number of aromatic nitrogens is 1. The number of aryl methyl sites for hydroxylation is 1. The first kappa shape index (κ1) is 10.8. The van der Waals surface area contributed by atoms with E-state index in [1.54, 1.807) is 0 Å². The lowest BCUT2D eigenvalue weighted by molar-refractivity contribution is 0.543. The molecule has 2 aromatic carbocycles. The van der Waals surface area contributed by atoms with Crippen LogP contribution in [0.3, 0.4) is 0 Å². The number of hydrogen-bond acceptors (Lipinski definition) is 2. The number of oxazole rings is 1. The largest absolute Gasteiger partial charge is 0.441 e. The van der Waals surface area contributed by atoms with Crippen LogP contribution in [0.5, 0.6) is 0 Å². The monoisotopic (exact) mass is 235 g/mol. The summed E-state index contributed by atoms with van der Waals surface area (Å²) in [6.45, 7) is 1.95. The van der Waals surface area contributed by atoms with Crippen LogP contribution in [0, 0.1) is 6.92 Å². The van der Waals surface area contributed by atoms with Crippen LogP contribution in [0.2, 0.25) is 0 Å².